The molecule has 0 aromatic heterocycles. The van der Waals surface area contributed by atoms with Gasteiger partial charge in [0.15, 0.2) is 0 Å². The normalized spacial score (nSPS) is 11.5. The minimum absolute atomic E-state index is 0.183. The number of methoxy groups -OCH3 is 1. The summed E-state index contributed by atoms with van der Waals surface area (Å²) in [5.41, 5.74) is 1.65. The Morgan fingerprint density at radius 3 is 2.64 bits per heavy atom. The summed E-state index contributed by atoms with van der Waals surface area (Å²) in [5, 5.41) is 12.1. The number of nitrogens with one attached hydrogen (secondary N) is 1. The van der Waals surface area contributed by atoms with Crippen LogP contribution in [0, 0.1) is 0 Å². The molecule has 0 bridgehead atoms. The highest BCUT2D eigenvalue weighted by molar-refractivity contribution is 5.68. The predicted octanol–water partition coefficient (Wildman–Crippen LogP) is 2.66. The quantitative estimate of drug-likeness (QED) is 0.860. The van der Waals surface area contributed by atoms with E-state index in [4.69, 9.17) is 9.47 Å². The molecule has 0 spiro atoms. The van der Waals surface area contributed by atoms with Crippen LogP contribution in [-0.4, -0.2) is 24.9 Å². The summed E-state index contributed by atoms with van der Waals surface area (Å²) < 4.78 is 10.3. The van der Waals surface area contributed by atoms with Gasteiger partial charge >= 0.3 is 6.09 Å². The summed E-state index contributed by atoms with van der Waals surface area (Å²) in [6, 6.07) is 16.0. The summed E-state index contributed by atoms with van der Waals surface area (Å²) in [4.78, 5) is 11.8. The van der Waals surface area contributed by atoms with Crippen LogP contribution in [-0.2, 0) is 11.3 Å². The van der Waals surface area contributed by atoms with Gasteiger partial charge in [-0.2, -0.15) is 0 Å². The molecule has 5 heteroatoms. The van der Waals surface area contributed by atoms with Crippen molar-refractivity contribution < 1.29 is 19.4 Å². The molecule has 0 saturated heterocycles. The number of rotatable bonds is 6. The average molecular weight is 301 g/mol. The molecule has 0 heterocycles. The van der Waals surface area contributed by atoms with Crippen LogP contribution in [0.3, 0.4) is 0 Å². The number of carbonyl (C=O) groups is 1. The molecule has 2 aromatic carbocycles. The number of alkyl carbamates (subject to hydrolysis) is 1. The van der Waals surface area contributed by atoms with Crippen LogP contribution in [0.2, 0.25) is 0 Å². The Morgan fingerprint density at radius 1 is 1.18 bits per heavy atom. The van der Waals surface area contributed by atoms with E-state index in [0.717, 1.165) is 11.1 Å². The van der Waals surface area contributed by atoms with Crippen molar-refractivity contribution in [3.8, 4) is 5.75 Å². The van der Waals surface area contributed by atoms with Crippen molar-refractivity contribution in [3.63, 3.8) is 0 Å². The average Bonchev–Trinajstić information content (AvgIpc) is 2.58. The molecule has 0 radical (unpaired) electrons. The van der Waals surface area contributed by atoms with Gasteiger partial charge in [-0.3, -0.25) is 0 Å². The minimum atomic E-state index is -0.578. The van der Waals surface area contributed by atoms with Crippen LogP contribution in [0.15, 0.2) is 54.6 Å². The number of amides is 1. The second-order valence-electron chi connectivity index (χ2n) is 4.72. The number of benzene rings is 2. The third-order valence-corrected chi connectivity index (χ3v) is 3.18. The molecule has 0 saturated carbocycles. The Balaban J connectivity index is 1.93. The Labute approximate surface area is 129 Å². The van der Waals surface area contributed by atoms with Crippen molar-refractivity contribution in [1.29, 1.82) is 0 Å². The molecule has 0 aliphatic rings. The highest BCUT2D eigenvalue weighted by atomic mass is 16.5. The molecule has 22 heavy (non-hydrogen) atoms. The van der Waals surface area contributed by atoms with Gasteiger partial charge in [0, 0.05) is 0 Å². The number of carbonyl (C=O) groups excluding carboxylic acids is 1. The molecule has 2 rings (SSSR count). The molecular weight excluding hydrogens is 282 g/mol. The number of aliphatic hydroxyl groups excluding tert-OH is 1. The maximum Gasteiger partial charge on any atom is 0.408 e. The van der Waals surface area contributed by atoms with Gasteiger partial charge in [0.1, 0.15) is 12.4 Å². The Hall–Kier alpha value is -2.53. The number of ether oxygens (including phenoxy) is 2. The summed E-state index contributed by atoms with van der Waals surface area (Å²) in [7, 11) is 1.56. The summed E-state index contributed by atoms with van der Waals surface area (Å²) in [6.07, 6.45) is -0.578. The highest BCUT2D eigenvalue weighted by Gasteiger charge is 2.15. The van der Waals surface area contributed by atoms with Crippen LogP contribution in [0.1, 0.15) is 17.2 Å². The fourth-order valence-electron chi connectivity index (χ4n) is 2.00. The van der Waals surface area contributed by atoms with Crippen molar-refractivity contribution in [2.24, 2.45) is 0 Å². The first-order valence-corrected chi connectivity index (χ1v) is 6.95. The van der Waals surface area contributed by atoms with Gasteiger partial charge in [-0.1, -0.05) is 42.5 Å². The van der Waals surface area contributed by atoms with Crippen molar-refractivity contribution >= 4 is 6.09 Å². The van der Waals surface area contributed by atoms with E-state index >= 15 is 0 Å². The predicted molar refractivity (Wildman–Crippen MR) is 82.6 cm³/mol. The number of aliphatic hydroxyl groups is 1. The van der Waals surface area contributed by atoms with Crippen LogP contribution in [0.25, 0.3) is 0 Å². The minimum Gasteiger partial charge on any atom is -0.497 e. The van der Waals surface area contributed by atoms with Gasteiger partial charge < -0.3 is 19.9 Å². The van der Waals surface area contributed by atoms with Crippen molar-refractivity contribution in [1.82, 2.24) is 5.32 Å². The second kappa shape index (κ2) is 8.05. The zero-order valence-corrected chi connectivity index (χ0v) is 12.4. The van der Waals surface area contributed by atoms with Gasteiger partial charge in [0.05, 0.1) is 19.8 Å². The van der Waals surface area contributed by atoms with E-state index in [9.17, 15) is 9.90 Å². The molecule has 116 valence electrons. The largest absolute Gasteiger partial charge is 0.497 e. The monoisotopic (exact) mass is 301 g/mol. The fourth-order valence-corrected chi connectivity index (χ4v) is 2.00. The molecule has 2 N–H and O–H groups in total. The van der Waals surface area contributed by atoms with E-state index in [1.807, 2.05) is 30.3 Å². The first kappa shape index (κ1) is 15.9. The lowest BCUT2D eigenvalue weighted by atomic mass is 10.1. The lowest BCUT2D eigenvalue weighted by Crippen LogP contribution is -2.31. The molecule has 0 fully saturated rings. The van der Waals surface area contributed by atoms with Gasteiger partial charge in [0.25, 0.3) is 0 Å². The van der Waals surface area contributed by atoms with E-state index in [2.05, 4.69) is 5.32 Å². The maximum atomic E-state index is 11.8. The Morgan fingerprint density at radius 2 is 1.95 bits per heavy atom. The van der Waals surface area contributed by atoms with Crippen molar-refractivity contribution in [2.75, 3.05) is 13.7 Å². The van der Waals surface area contributed by atoms with Crippen LogP contribution in [0.4, 0.5) is 4.79 Å². The maximum absolute atomic E-state index is 11.8. The summed E-state index contributed by atoms with van der Waals surface area (Å²) in [5.74, 6) is 0.662. The van der Waals surface area contributed by atoms with E-state index in [-0.39, 0.29) is 13.2 Å². The van der Waals surface area contributed by atoms with E-state index in [0.29, 0.717) is 5.75 Å². The fraction of sp³-hybridized carbons (Fsp3) is 0.235. The molecule has 0 unspecified atom stereocenters. The van der Waals surface area contributed by atoms with Gasteiger partial charge in [-0.05, 0) is 23.3 Å². The van der Waals surface area contributed by atoms with E-state index < -0.39 is 12.1 Å². The molecular formula is C17H19NO4. The summed E-state index contributed by atoms with van der Waals surface area (Å²) >= 11 is 0. The lowest BCUT2D eigenvalue weighted by Gasteiger charge is -2.17. The van der Waals surface area contributed by atoms with Crippen LogP contribution >= 0.6 is 0 Å². The molecule has 2 aromatic rings. The third kappa shape index (κ3) is 4.49. The molecule has 5 nitrogen and oxygen atoms in total. The third-order valence-electron chi connectivity index (χ3n) is 3.18. The standard InChI is InChI=1S/C17H19NO4/c1-21-15-9-5-8-14(10-15)16(11-19)18-17(20)22-12-13-6-3-2-4-7-13/h2-10,16,19H,11-12H2,1H3,(H,18,20)/t16-/m1/s1. The number of hydrogen-bond acceptors (Lipinski definition) is 4. The number of hydrogen-bond donors (Lipinski definition) is 2. The highest BCUT2D eigenvalue weighted by Crippen LogP contribution is 2.19. The second-order valence-corrected chi connectivity index (χ2v) is 4.72. The van der Waals surface area contributed by atoms with Crippen molar-refractivity contribution in [2.45, 2.75) is 12.6 Å². The zero-order valence-electron chi connectivity index (χ0n) is 12.4. The SMILES string of the molecule is COc1cccc([C@@H](CO)NC(=O)OCc2ccccc2)c1. The zero-order chi connectivity index (χ0) is 15.8. The lowest BCUT2D eigenvalue weighted by molar-refractivity contribution is 0.129. The first-order chi connectivity index (χ1) is 10.7. The Kier molecular flexibility index (Phi) is 5.80. The van der Waals surface area contributed by atoms with Crippen LogP contribution in [0.5, 0.6) is 5.75 Å². The molecule has 1 amide bonds. The van der Waals surface area contributed by atoms with E-state index in [1.165, 1.54) is 0 Å². The van der Waals surface area contributed by atoms with E-state index in [1.54, 1.807) is 31.4 Å². The van der Waals surface area contributed by atoms with Crippen LogP contribution < -0.4 is 10.1 Å². The summed E-state index contributed by atoms with van der Waals surface area (Å²) in [6.45, 7) is -0.0451. The smallest absolute Gasteiger partial charge is 0.408 e. The topological polar surface area (TPSA) is 67.8 Å². The molecule has 0 aliphatic carbocycles. The van der Waals surface area contributed by atoms with Gasteiger partial charge in [0.2, 0.25) is 0 Å². The van der Waals surface area contributed by atoms with Crippen molar-refractivity contribution in [3.05, 3.63) is 65.7 Å². The van der Waals surface area contributed by atoms with Gasteiger partial charge in [-0.25, -0.2) is 4.79 Å². The Bertz CT molecular complexity index is 601. The first-order valence-electron chi connectivity index (χ1n) is 6.95. The molecule has 1 atom stereocenters. The van der Waals surface area contributed by atoms with Gasteiger partial charge in [-0.15, -0.1) is 0 Å². The molecule has 0 aliphatic heterocycles.